The second-order valence-electron chi connectivity index (χ2n) is 6.14. The lowest BCUT2D eigenvalue weighted by atomic mass is 10.2. The third kappa shape index (κ3) is 24.6. The third-order valence-corrected chi connectivity index (χ3v) is 3.51. The van der Waals surface area contributed by atoms with Crippen LogP contribution in [-0.2, 0) is 6.54 Å². The minimum Gasteiger partial charge on any atom is -0.360 e. The number of rotatable bonds is 7. The largest absolute Gasteiger partial charge is 0.360 e. The fraction of sp³-hybridized carbons (Fsp3) is 0.577. The Morgan fingerprint density at radius 2 is 1.77 bits per heavy atom. The van der Waals surface area contributed by atoms with Crippen LogP contribution >= 0.6 is 12.6 Å². The molecule has 180 valence electrons. The van der Waals surface area contributed by atoms with E-state index >= 15 is 0 Å². The zero-order valence-corrected chi connectivity index (χ0v) is 22.5. The van der Waals surface area contributed by atoms with Crippen molar-refractivity contribution in [1.29, 1.82) is 0 Å². The van der Waals surface area contributed by atoms with E-state index in [1.165, 1.54) is 18.4 Å². The Balaban J connectivity index is -0.000000461. The number of allylic oxidation sites excluding steroid dienone is 5. The first-order valence-electron chi connectivity index (χ1n) is 11.8. The first-order valence-corrected chi connectivity index (χ1v) is 12.3. The van der Waals surface area contributed by atoms with Gasteiger partial charge >= 0.3 is 0 Å². The molecule has 4 nitrogen and oxygen atoms in total. The molecule has 0 saturated heterocycles. The molecule has 0 spiro atoms. The van der Waals surface area contributed by atoms with Crippen LogP contribution in [0.2, 0.25) is 0 Å². The second kappa shape index (κ2) is 28.4. The van der Waals surface area contributed by atoms with Crippen molar-refractivity contribution in [2.24, 2.45) is 0 Å². The highest BCUT2D eigenvalue weighted by Gasteiger charge is 1.99. The van der Waals surface area contributed by atoms with Crippen LogP contribution in [0.4, 0.5) is 0 Å². The van der Waals surface area contributed by atoms with Crippen LogP contribution in [-0.4, -0.2) is 11.7 Å². The molecular weight excluding hydrogens is 402 g/mol. The molecule has 31 heavy (non-hydrogen) atoms. The average molecular weight is 452 g/mol. The molecule has 2 N–H and O–H groups in total. The molecule has 0 aliphatic heterocycles. The van der Waals surface area contributed by atoms with E-state index in [0.717, 1.165) is 35.7 Å². The summed E-state index contributed by atoms with van der Waals surface area (Å²) in [5.74, 6) is 0.835. The Bertz CT molecular complexity index is 602. The molecule has 0 fully saturated rings. The molecule has 0 radical (unpaired) electrons. The SMILES string of the molecule is C/C=C\C(=C/CC)CNNCc1cc(C)no1.CC.CC.CCC.SC1=CCCC=C1. The summed E-state index contributed by atoms with van der Waals surface area (Å²) in [6.45, 7) is 19.7. The lowest BCUT2D eigenvalue weighted by Gasteiger charge is -2.06. The molecule has 1 aromatic rings. The Kier molecular flexibility index (Phi) is 31.2. The molecule has 1 aromatic heterocycles. The number of aromatic nitrogens is 1. The van der Waals surface area contributed by atoms with Crippen LogP contribution in [0.15, 0.2) is 57.5 Å². The maximum absolute atomic E-state index is 5.09. The number of thiol groups is 1. The van der Waals surface area contributed by atoms with E-state index in [0.29, 0.717) is 6.54 Å². The lowest BCUT2D eigenvalue weighted by molar-refractivity contribution is 0.361. The van der Waals surface area contributed by atoms with Gasteiger partial charge in [-0.2, -0.15) is 0 Å². The maximum Gasteiger partial charge on any atom is 0.152 e. The van der Waals surface area contributed by atoms with E-state index in [1.54, 1.807) is 0 Å². The maximum atomic E-state index is 5.09. The summed E-state index contributed by atoms with van der Waals surface area (Å²) in [7, 11) is 0. The van der Waals surface area contributed by atoms with Crippen LogP contribution in [0, 0.1) is 6.92 Å². The quantitative estimate of drug-likeness (QED) is 0.170. The third-order valence-electron chi connectivity index (χ3n) is 3.18. The Morgan fingerprint density at radius 3 is 2.16 bits per heavy atom. The predicted molar refractivity (Wildman–Crippen MR) is 143 cm³/mol. The van der Waals surface area contributed by atoms with Crippen molar-refractivity contribution in [1.82, 2.24) is 16.0 Å². The molecule has 2 rings (SSSR count). The van der Waals surface area contributed by atoms with Crippen molar-refractivity contribution < 1.29 is 4.52 Å². The zero-order chi connectivity index (χ0) is 24.3. The van der Waals surface area contributed by atoms with E-state index in [2.05, 4.69) is 73.7 Å². The number of aryl methyl sites for hydroxylation is 1. The molecule has 0 amide bonds. The highest BCUT2D eigenvalue weighted by molar-refractivity contribution is 7.84. The summed E-state index contributed by atoms with van der Waals surface area (Å²) in [4.78, 5) is 1.10. The molecule has 5 heteroatoms. The van der Waals surface area contributed by atoms with Crippen molar-refractivity contribution >= 4 is 12.6 Å². The highest BCUT2D eigenvalue weighted by Crippen LogP contribution is 2.11. The van der Waals surface area contributed by atoms with Gasteiger partial charge in [-0.3, -0.25) is 5.43 Å². The van der Waals surface area contributed by atoms with Gasteiger partial charge in [0, 0.05) is 12.6 Å². The molecule has 0 atom stereocenters. The number of hydrazine groups is 1. The Hall–Kier alpha value is -1.56. The van der Waals surface area contributed by atoms with E-state index in [9.17, 15) is 0 Å². The van der Waals surface area contributed by atoms with Crippen LogP contribution in [0.3, 0.4) is 0 Å². The van der Waals surface area contributed by atoms with Gasteiger partial charge in [0.05, 0.1) is 12.2 Å². The van der Waals surface area contributed by atoms with Gasteiger partial charge in [-0.05, 0) is 43.6 Å². The predicted octanol–water partition coefficient (Wildman–Crippen LogP) is 8.11. The minimum absolute atomic E-state index is 0.635. The molecule has 0 saturated carbocycles. The molecule has 0 bridgehead atoms. The van der Waals surface area contributed by atoms with Gasteiger partial charge in [0.25, 0.3) is 0 Å². The molecule has 1 aliphatic rings. The summed E-state index contributed by atoms with van der Waals surface area (Å²) in [5, 5.41) is 3.82. The summed E-state index contributed by atoms with van der Waals surface area (Å²) >= 11 is 4.14. The van der Waals surface area contributed by atoms with Gasteiger partial charge < -0.3 is 4.52 Å². The molecule has 0 aromatic carbocycles. The van der Waals surface area contributed by atoms with Gasteiger partial charge in [-0.1, -0.05) is 96.5 Å². The van der Waals surface area contributed by atoms with Gasteiger partial charge in [0.2, 0.25) is 0 Å². The summed E-state index contributed by atoms with van der Waals surface area (Å²) in [6.07, 6.45) is 17.3. The summed E-state index contributed by atoms with van der Waals surface area (Å²) < 4.78 is 5.09. The number of nitrogens with zero attached hydrogens (tertiary/aromatic N) is 1. The van der Waals surface area contributed by atoms with Crippen molar-refractivity contribution in [3.05, 3.63) is 64.5 Å². The minimum atomic E-state index is 0.635. The Morgan fingerprint density at radius 1 is 1.13 bits per heavy atom. The monoisotopic (exact) mass is 451 g/mol. The summed E-state index contributed by atoms with van der Waals surface area (Å²) in [6, 6.07) is 1.92. The van der Waals surface area contributed by atoms with Gasteiger partial charge in [-0.15, -0.1) is 12.6 Å². The van der Waals surface area contributed by atoms with E-state index in [-0.39, 0.29) is 0 Å². The molecular formula is C26H49N3OS. The van der Waals surface area contributed by atoms with Crippen LogP contribution < -0.4 is 10.9 Å². The van der Waals surface area contributed by atoms with E-state index in [4.69, 9.17) is 4.52 Å². The summed E-state index contributed by atoms with van der Waals surface area (Å²) in [5.41, 5.74) is 8.44. The molecule has 1 aliphatic carbocycles. The number of hydrogen-bond donors (Lipinski definition) is 3. The fourth-order valence-electron chi connectivity index (χ4n) is 2.09. The first kappa shape index (κ1) is 34.1. The standard InChI is InChI=1S/C13H21N3O.C6H8S.C3H8.2C2H6/c1-4-6-12(7-5-2)9-14-15-10-13-8-11(3)16-17-13;7-6-4-2-1-3-5-6;1-3-2;2*1-2/h4,6-8,14-15H,5,9-10H2,1-3H3;2,4-5,7H,1,3H2;3H2,1-2H3;2*1-2H3/b6-4-,12-7+;;;;. The lowest BCUT2D eigenvalue weighted by Crippen LogP contribution is -2.32. The van der Waals surface area contributed by atoms with Gasteiger partial charge in [0.1, 0.15) is 0 Å². The first-order chi connectivity index (χ1) is 15.1. The average Bonchev–Trinajstić information content (AvgIpc) is 3.21. The van der Waals surface area contributed by atoms with Crippen molar-refractivity contribution in [2.45, 2.75) is 94.5 Å². The van der Waals surface area contributed by atoms with E-state index < -0.39 is 0 Å². The van der Waals surface area contributed by atoms with Crippen LogP contribution in [0.1, 0.15) is 92.5 Å². The normalized spacial score (nSPS) is 12.2. The van der Waals surface area contributed by atoms with Crippen molar-refractivity contribution in [2.75, 3.05) is 6.54 Å². The molecule has 1 heterocycles. The second-order valence-corrected chi connectivity index (χ2v) is 6.66. The smallest absolute Gasteiger partial charge is 0.152 e. The van der Waals surface area contributed by atoms with Gasteiger partial charge in [-0.25, -0.2) is 5.43 Å². The van der Waals surface area contributed by atoms with Gasteiger partial charge in [0.15, 0.2) is 5.76 Å². The number of hydrogen-bond acceptors (Lipinski definition) is 5. The van der Waals surface area contributed by atoms with Crippen LogP contribution in [0.5, 0.6) is 0 Å². The van der Waals surface area contributed by atoms with Crippen molar-refractivity contribution in [3.8, 4) is 0 Å². The van der Waals surface area contributed by atoms with Crippen LogP contribution in [0.25, 0.3) is 0 Å². The fourth-order valence-corrected chi connectivity index (χ4v) is 2.32. The Labute approximate surface area is 198 Å². The van der Waals surface area contributed by atoms with E-state index in [1.807, 2.05) is 59.8 Å². The van der Waals surface area contributed by atoms with Crippen molar-refractivity contribution in [3.63, 3.8) is 0 Å². The zero-order valence-electron chi connectivity index (χ0n) is 21.6. The molecule has 0 unspecified atom stereocenters. The topological polar surface area (TPSA) is 50.1 Å². The number of nitrogens with one attached hydrogen (secondary N) is 2. The highest BCUT2D eigenvalue weighted by atomic mass is 32.1.